The normalized spacial score (nSPS) is 11.3. The average Bonchev–Trinajstić information content (AvgIpc) is 3.20. The molecule has 7 aromatic carbocycles. The van der Waals surface area contributed by atoms with Gasteiger partial charge in [-0.25, -0.2) is 15.0 Å². The number of benzene rings is 7. The average molecular weight is 658 g/mol. The largest absolute Gasteiger partial charge is 0.208 e. The summed E-state index contributed by atoms with van der Waals surface area (Å²) in [6, 6.07) is 69.3. The van der Waals surface area contributed by atoms with E-state index in [1.807, 2.05) is 36.4 Å². The molecule has 0 radical (unpaired) electrons. The molecule has 0 fully saturated rings. The van der Waals surface area contributed by atoms with Crippen LogP contribution in [0.1, 0.15) is 5.56 Å². The second-order valence-corrected chi connectivity index (χ2v) is 16.4. The van der Waals surface area contributed by atoms with E-state index in [1.54, 1.807) is 0 Å². The van der Waals surface area contributed by atoms with Crippen molar-refractivity contribution in [3.63, 3.8) is 0 Å². The van der Waals surface area contributed by atoms with E-state index in [0.717, 1.165) is 33.4 Å². The lowest BCUT2D eigenvalue weighted by Crippen LogP contribution is -2.74. The Morgan fingerprint density at radius 3 is 1.18 bits per heavy atom. The minimum atomic E-state index is -2.67. The summed E-state index contributed by atoms with van der Waals surface area (Å²) in [5.41, 5.74) is 6.30. The van der Waals surface area contributed by atoms with Gasteiger partial charge in [0.2, 0.25) is 0 Å². The molecule has 8 aromatic rings. The number of hydrogen-bond acceptors (Lipinski definition) is 3. The smallest absolute Gasteiger partial charge is 0.179 e. The fourth-order valence-corrected chi connectivity index (χ4v) is 11.8. The Morgan fingerprint density at radius 2 is 0.660 bits per heavy atom. The second-order valence-electron chi connectivity index (χ2n) is 12.6. The molecule has 238 valence electrons. The van der Waals surface area contributed by atoms with Gasteiger partial charge in [0.15, 0.2) is 25.5 Å². The van der Waals surface area contributed by atoms with Crippen LogP contribution >= 0.6 is 0 Å². The summed E-state index contributed by atoms with van der Waals surface area (Å²) in [5.74, 6) is 1.97. The molecular weight excluding hydrogens is 623 g/mol. The highest BCUT2D eigenvalue weighted by Gasteiger charge is 2.41. The molecule has 0 spiro atoms. The molecular formula is C46H35N3Si. The van der Waals surface area contributed by atoms with E-state index in [9.17, 15) is 0 Å². The summed E-state index contributed by atoms with van der Waals surface area (Å²) < 4.78 is 0. The molecule has 0 saturated carbocycles. The van der Waals surface area contributed by atoms with Crippen LogP contribution in [0.3, 0.4) is 0 Å². The molecule has 0 saturated heterocycles. The van der Waals surface area contributed by atoms with Crippen molar-refractivity contribution in [2.75, 3.05) is 0 Å². The molecule has 0 bridgehead atoms. The number of rotatable bonds is 8. The first kappa shape index (κ1) is 31.1. The molecule has 0 atom stereocenters. The van der Waals surface area contributed by atoms with Gasteiger partial charge in [-0.05, 0) is 50.9 Å². The van der Waals surface area contributed by atoms with Crippen LogP contribution < -0.4 is 20.7 Å². The molecule has 0 aliphatic heterocycles. The number of nitrogens with zero attached hydrogens (tertiary/aromatic N) is 3. The highest BCUT2D eigenvalue weighted by molar-refractivity contribution is 7.19. The second kappa shape index (κ2) is 13.7. The number of aromatic nitrogens is 3. The Bertz CT molecular complexity index is 2280. The minimum absolute atomic E-state index is 0.648. The van der Waals surface area contributed by atoms with Crippen molar-refractivity contribution in [2.24, 2.45) is 0 Å². The van der Waals surface area contributed by atoms with Crippen molar-refractivity contribution in [1.29, 1.82) is 0 Å². The number of aryl methyl sites for hydroxylation is 1. The highest BCUT2D eigenvalue weighted by atomic mass is 28.3. The molecule has 4 heteroatoms. The Balaban J connectivity index is 1.29. The van der Waals surface area contributed by atoms with Crippen LogP contribution in [0.15, 0.2) is 194 Å². The molecule has 1 heterocycles. The Hall–Kier alpha value is -6.23. The standard InChI is InChI=1S/C46H35N3Si/c1-34-17-14-22-38(31-34)45-47-44(35-18-6-2-7-19-35)48-46(49-45)39-23-15-20-36(32-39)37-21-16-30-43(33-37)50(40-24-8-3-9-25-40,41-26-10-4-11-27-41)42-28-12-5-13-29-42/h2-33H,1H3. The van der Waals surface area contributed by atoms with Gasteiger partial charge in [0, 0.05) is 16.7 Å². The molecule has 0 amide bonds. The van der Waals surface area contributed by atoms with E-state index in [2.05, 4.69) is 165 Å². The lowest BCUT2D eigenvalue weighted by molar-refractivity contribution is 1.07. The summed E-state index contributed by atoms with van der Waals surface area (Å²) in [6.07, 6.45) is 0. The molecule has 0 unspecified atom stereocenters. The summed E-state index contributed by atoms with van der Waals surface area (Å²) >= 11 is 0. The fourth-order valence-electron chi connectivity index (χ4n) is 6.97. The zero-order valence-corrected chi connectivity index (χ0v) is 28.8. The monoisotopic (exact) mass is 657 g/mol. The molecule has 1 aromatic heterocycles. The van der Waals surface area contributed by atoms with Gasteiger partial charge in [0.1, 0.15) is 0 Å². The first-order valence-electron chi connectivity index (χ1n) is 16.9. The first-order chi connectivity index (χ1) is 24.7. The molecule has 50 heavy (non-hydrogen) atoms. The van der Waals surface area contributed by atoms with Crippen LogP contribution in [0.5, 0.6) is 0 Å². The van der Waals surface area contributed by atoms with E-state index in [-0.39, 0.29) is 0 Å². The van der Waals surface area contributed by atoms with Crippen molar-refractivity contribution < 1.29 is 0 Å². The first-order valence-corrected chi connectivity index (χ1v) is 18.9. The van der Waals surface area contributed by atoms with Crippen molar-refractivity contribution in [3.8, 4) is 45.3 Å². The van der Waals surface area contributed by atoms with Crippen LogP contribution in [0, 0.1) is 6.92 Å². The van der Waals surface area contributed by atoms with Gasteiger partial charge >= 0.3 is 0 Å². The SMILES string of the molecule is Cc1cccc(-c2nc(-c3ccccc3)nc(-c3cccc(-c4cccc([Si](c5ccccc5)(c5ccccc5)c5ccccc5)c4)c3)n2)c1. The van der Waals surface area contributed by atoms with Crippen LogP contribution in [0.25, 0.3) is 45.3 Å². The van der Waals surface area contributed by atoms with E-state index in [0.29, 0.717) is 17.5 Å². The molecule has 0 N–H and O–H groups in total. The lowest BCUT2D eigenvalue weighted by Gasteiger charge is -2.34. The van der Waals surface area contributed by atoms with E-state index in [1.165, 1.54) is 20.7 Å². The maximum absolute atomic E-state index is 5.04. The Morgan fingerprint density at radius 1 is 0.300 bits per heavy atom. The van der Waals surface area contributed by atoms with Crippen molar-refractivity contribution >= 4 is 28.8 Å². The van der Waals surface area contributed by atoms with E-state index < -0.39 is 8.07 Å². The highest BCUT2D eigenvalue weighted by Crippen LogP contribution is 2.28. The molecule has 3 nitrogen and oxygen atoms in total. The van der Waals surface area contributed by atoms with Crippen molar-refractivity contribution in [2.45, 2.75) is 6.92 Å². The van der Waals surface area contributed by atoms with Gasteiger partial charge in [0.05, 0.1) is 0 Å². The van der Waals surface area contributed by atoms with Crippen molar-refractivity contribution in [3.05, 3.63) is 200 Å². The van der Waals surface area contributed by atoms with Gasteiger partial charge in [-0.3, -0.25) is 0 Å². The zero-order chi connectivity index (χ0) is 33.8. The van der Waals surface area contributed by atoms with Gasteiger partial charge in [-0.1, -0.05) is 188 Å². The predicted octanol–water partition coefficient (Wildman–Crippen LogP) is 8.23. The summed E-state index contributed by atoms with van der Waals surface area (Å²) in [6.45, 7) is 2.09. The molecule has 0 aliphatic rings. The quantitative estimate of drug-likeness (QED) is 0.122. The third kappa shape index (κ3) is 5.98. The van der Waals surface area contributed by atoms with Crippen LogP contribution in [-0.4, -0.2) is 23.0 Å². The minimum Gasteiger partial charge on any atom is -0.208 e. The molecule has 0 aliphatic carbocycles. The summed E-state index contributed by atoms with van der Waals surface area (Å²) in [5, 5.41) is 5.39. The molecule has 8 rings (SSSR count). The van der Waals surface area contributed by atoms with Gasteiger partial charge in [0.25, 0.3) is 0 Å². The third-order valence-electron chi connectivity index (χ3n) is 9.31. The summed E-state index contributed by atoms with van der Waals surface area (Å²) in [7, 11) is -2.67. The number of hydrogen-bond donors (Lipinski definition) is 0. The van der Waals surface area contributed by atoms with Gasteiger partial charge in [-0.2, -0.15) is 0 Å². The van der Waals surface area contributed by atoms with E-state index >= 15 is 0 Å². The topological polar surface area (TPSA) is 38.7 Å². The maximum atomic E-state index is 5.04. The van der Waals surface area contributed by atoms with Gasteiger partial charge < -0.3 is 0 Å². The zero-order valence-electron chi connectivity index (χ0n) is 27.8. The van der Waals surface area contributed by atoms with Gasteiger partial charge in [-0.15, -0.1) is 0 Å². The maximum Gasteiger partial charge on any atom is 0.179 e. The fraction of sp³-hybridized carbons (Fsp3) is 0.0217. The van der Waals surface area contributed by atoms with Crippen LogP contribution in [0.4, 0.5) is 0 Å². The van der Waals surface area contributed by atoms with E-state index in [4.69, 9.17) is 15.0 Å². The predicted molar refractivity (Wildman–Crippen MR) is 210 cm³/mol. The third-order valence-corrected chi connectivity index (χ3v) is 14.1. The summed E-state index contributed by atoms with van der Waals surface area (Å²) in [4.78, 5) is 15.0. The lowest BCUT2D eigenvalue weighted by atomic mass is 10.0. The Kier molecular flexibility index (Phi) is 8.52. The van der Waals surface area contributed by atoms with Crippen LogP contribution in [0.2, 0.25) is 0 Å². The van der Waals surface area contributed by atoms with Crippen LogP contribution in [-0.2, 0) is 0 Å². The Labute approximate surface area is 294 Å². The van der Waals surface area contributed by atoms with Crippen molar-refractivity contribution in [1.82, 2.24) is 15.0 Å².